The Balaban J connectivity index is 2.18. The van der Waals surface area contributed by atoms with Gasteiger partial charge in [0.1, 0.15) is 0 Å². The number of halogens is 1. The van der Waals surface area contributed by atoms with Crippen LogP contribution in [-0.4, -0.2) is 35.0 Å². The van der Waals surface area contributed by atoms with Crippen LogP contribution < -0.4 is 0 Å². The topological polar surface area (TPSA) is 57.6 Å². The van der Waals surface area contributed by atoms with Gasteiger partial charge in [0, 0.05) is 23.1 Å². The molecule has 1 heterocycles. The highest BCUT2D eigenvalue weighted by atomic mass is 79.9. The number of carboxylic acid groups (broad SMARTS) is 1. The summed E-state index contributed by atoms with van der Waals surface area (Å²) in [5.41, 5.74) is 1.52. The summed E-state index contributed by atoms with van der Waals surface area (Å²) in [6, 6.07) is 5.47. The van der Waals surface area contributed by atoms with Crippen LogP contribution >= 0.6 is 15.9 Å². The van der Waals surface area contributed by atoms with Crippen molar-refractivity contribution >= 4 is 27.8 Å². The van der Waals surface area contributed by atoms with Crippen molar-refractivity contribution in [1.82, 2.24) is 4.90 Å². The van der Waals surface area contributed by atoms with Crippen LogP contribution in [0.3, 0.4) is 0 Å². The number of amides is 1. The number of carboxylic acids is 1. The van der Waals surface area contributed by atoms with Crippen molar-refractivity contribution in [1.29, 1.82) is 0 Å². The second-order valence-electron chi connectivity index (χ2n) is 4.49. The molecule has 0 aromatic heterocycles. The summed E-state index contributed by atoms with van der Waals surface area (Å²) in [6.07, 6.45) is 0.536. The molecule has 1 atom stereocenters. The minimum absolute atomic E-state index is 0.0856. The number of aliphatic carboxylic acids is 1. The molecule has 1 amide bonds. The number of carbonyl (C=O) groups is 2. The van der Waals surface area contributed by atoms with Gasteiger partial charge >= 0.3 is 5.97 Å². The molecule has 0 saturated carbocycles. The van der Waals surface area contributed by atoms with Crippen LogP contribution in [0, 0.1) is 12.8 Å². The maximum atomic E-state index is 12.3. The molecule has 1 fully saturated rings. The fraction of sp³-hybridized carbons (Fsp3) is 0.385. The molecule has 0 bridgehead atoms. The fourth-order valence-corrected chi connectivity index (χ4v) is 2.52. The van der Waals surface area contributed by atoms with Gasteiger partial charge in [0.2, 0.25) is 0 Å². The van der Waals surface area contributed by atoms with Crippen LogP contribution in [0.15, 0.2) is 22.7 Å². The zero-order chi connectivity index (χ0) is 13.3. The van der Waals surface area contributed by atoms with Crippen LogP contribution in [0.2, 0.25) is 0 Å². The Morgan fingerprint density at radius 3 is 2.78 bits per heavy atom. The van der Waals surface area contributed by atoms with Crippen molar-refractivity contribution in [3.8, 4) is 0 Å². The van der Waals surface area contributed by atoms with E-state index in [0.29, 0.717) is 25.1 Å². The number of hydrogen-bond acceptors (Lipinski definition) is 2. The lowest BCUT2D eigenvalue weighted by molar-refractivity contribution is -0.141. The highest BCUT2D eigenvalue weighted by molar-refractivity contribution is 9.10. The SMILES string of the molecule is Cc1c(Br)cccc1C(=O)N1CC[C@@H](C(=O)O)C1. The predicted molar refractivity (Wildman–Crippen MR) is 70.5 cm³/mol. The van der Waals surface area contributed by atoms with Crippen molar-refractivity contribution in [2.45, 2.75) is 13.3 Å². The molecule has 1 aliphatic rings. The van der Waals surface area contributed by atoms with Crippen molar-refractivity contribution in [2.24, 2.45) is 5.92 Å². The second kappa shape index (κ2) is 5.10. The molecule has 0 radical (unpaired) electrons. The molecule has 1 aliphatic heterocycles. The molecule has 0 spiro atoms. The molecular formula is C13H14BrNO3. The molecule has 0 aliphatic carbocycles. The van der Waals surface area contributed by atoms with E-state index < -0.39 is 11.9 Å². The largest absolute Gasteiger partial charge is 0.481 e. The van der Waals surface area contributed by atoms with Crippen LogP contribution in [-0.2, 0) is 4.79 Å². The van der Waals surface area contributed by atoms with Crippen LogP contribution in [0.1, 0.15) is 22.3 Å². The Kier molecular flexibility index (Phi) is 3.71. The monoisotopic (exact) mass is 311 g/mol. The zero-order valence-electron chi connectivity index (χ0n) is 10.0. The minimum atomic E-state index is -0.823. The first-order valence-corrected chi connectivity index (χ1v) is 6.57. The molecule has 18 heavy (non-hydrogen) atoms. The number of likely N-dealkylation sites (tertiary alicyclic amines) is 1. The lowest BCUT2D eigenvalue weighted by atomic mass is 10.1. The van der Waals surface area contributed by atoms with Gasteiger partial charge in [-0.25, -0.2) is 0 Å². The molecule has 1 N–H and O–H groups in total. The Labute approximate surface area is 114 Å². The van der Waals surface area contributed by atoms with Crippen molar-refractivity contribution in [3.05, 3.63) is 33.8 Å². The van der Waals surface area contributed by atoms with E-state index in [1.165, 1.54) is 0 Å². The van der Waals surface area contributed by atoms with Crippen LogP contribution in [0.4, 0.5) is 0 Å². The van der Waals surface area contributed by atoms with Gasteiger partial charge in [-0.15, -0.1) is 0 Å². The fourth-order valence-electron chi connectivity index (χ4n) is 2.16. The predicted octanol–water partition coefficient (Wildman–Crippen LogP) is 2.30. The molecule has 2 rings (SSSR count). The third kappa shape index (κ3) is 2.41. The Morgan fingerprint density at radius 1 is 1.44 bits per heavy atom. The molecule has 1 aromatic carbocycles. The van der Waals surface area contributed by atoms with E-state index in [0.717, 1.165) is 10.0 Å². The third-order valence-corrected chi connectivity index (χ3v) is 4.18. The maximum Gasteiger partial charge on any atom is 0.308 e. The van der Waals surface area contributed by atoms with E-state index in [9.17, 15) is 9.59 Å². The van der Waals surface area contributed by atoms with E-state index in [-0.39, 0.29) is 5.91 Å². The number of rotatable bonds is 2. The summed E-state index contributed by atoms with van der Waals surface area (Å²) in [6.45, 7) is 2.70. The Morgan fingerprint density at radius 2 is 2.17 bits per heavy atom. The van der Waals surface area contributed by atoms with Crippen molar-refractivity contribution in [3.63, 3.8) is 0 Å². The molecular weight excluding hydrogens is 298 g/mol. The van der Waals surface area contributed by atoms with Gasteiger partial charge < -0.3 is 10.0 Å². The average molecular weight is 312 g/mol. The quantitative estimate of drug-likeness (QED) is 0.911. The highest BCUT2D eigenvalue weighted by Crippen LogP contribution is 2.24. The number of hydrogen-bond donors (Lipinski definition) is 1. The molecule has 1 aromatic rings. The van der Waals surface area contributed by atoms with Crippen molar-refractivity contribution in [2.75, 3.05) is 13.1 Å². The minimum Gasteiger partial charge on any atom is -0.481 e. The summed E-state index contributed by atoms with van der Waals surface area (Å²) in [5.74, 6) is -1.34. The number of nitrogens with zero attached hydrogens (tertiary/aromatic N) is 1. The van der Waals surface area contributed by atoms with E-state index in [2.05, 4.69) is 15.9 Å². The average Bonchev–Trinajstić information content (AvgIpc) is 2.81. The summed E-state index contributed by atoms with van der Waals surface area (Å²) < 4.78 is 0.891. The number of carbonyl (C=O) groups excluding carboxylic acids is 1. The first-order chi connectivity index (χ1) is 8.50. The first-order valence-electron chi connectivity index (χ1n) is 5.78. The molecule has 4 nitrogen and oxygen atoms in total. The van der Waals surface area contributed by atoms with Gasteiger partial charge in [0.15, 0.2) is 0 Å². The zero-order valence-corrected chi connectivity index (χ0v) is 11.6. The smallest absolute Gasteiger partial charge is 0.308 e. The normalized spacial score (nSPS) is 19.0. The van der Waals surface area contributed by atoms with Crippen LogP contribution in [0.25, 0.3) is 0 Å². The number of benzene rings is 1. The lowest BCUT2D eigenvalue weighted by Crippen LogP contribution is -2.30. The van der Waals surface area contributed by atoms with Gasteiger partial charge in [0.05, 0.1) is 5.92 Å². The van der Waals surface area contributed by atoms with Crippen molar-refractivity contribution < 1.29 is 14.7 Å². The van der Waals surface area contributed by atoms with E-state index >= 15 is 0 Å². The standard InChI is InChI=1S/C13H14BrNO3/c1-8-10(3-2-4-11(8)14)12(16)15-6-5-9(7-15)13(17)18/h2-4,9H,5-7H2,1H3,(H,17,18)/t9-/m1/s1. The summed E-state index contributed by atoms with van der Waals surface area (Å²) in [5, 5.41) is 8.94. The Bertz CT molecular complexity index is 501. The van der Waals surface area contributed by atoms with Gasteiger partial charge in [-0.3, -0.25) is 9.59 Å². The van der Waals surface area contributed by atoms with E-state index in [4.69, 9.17) is 5.11 Å². The van der Waals surface area contributed by atoms with Gasteiger partial charge in [0.25, 0.3) is 5.91 Å². The maximum absolute atomic E-state index is 12.3. The lowest BCUT2D eigenvalue weighted by Gasteiger charge is -2.17. The van der Waals surface area contributed by atoms with Crippen LogP contribution in [0.5, 0.6) is 0 Å². The van der Waals surface area contributed by atoms with E-state index in [1.54, 1.807) is 11.0 Å². The Hall–Kier alpha value is -1.36. The highest BCUT2D eigenvalue weighted by Gasteiger charge is 2.31. The summed E-state index contributed by atoms with van der Waals surface area (Å²) in [4.78, 5) is 24.8. The summed E-state index contributed by atoms with van der Waals surface area (Å²) >= 11 is 3.39. The van der Waals surface area contributed by atoms with Gasteiger partial charge in [-0.05, 0) is 31.0 Å². The first kappa shape index (κ1) is 13.1. The molecule has 96 valence electrons. The molecule has 0 unspecified atom stereocenters. The molecule has 5 heteroatoms. The second-order valence-corrected chi connectivity index (χ2v) is 5.34. The summed E-state index contributed by atoms with van der Waals surface area (Å²) in [7, 11) is 0. The molecule has 1 saturated heterocycles. The van der Waals surface area contributed by atoms with Gasteiger partial charge in [-0.2, -0.15) is 0 Å². The third-order valence-electron chi connectivity index (χ3n) is 3.32. The van der Waals surface area contributed by atoms with E-state index in [1.807, 2.05) is 19.1 Å². The van der Waals surface area contributed by atoms with Gasteiger partial charge in [-0.1, -0.05) is 22.0 Å².